The van der Waals surface area contributed by atoms with Gasteiger partial charge in [-0.3, -0.25) is 0 Å². The van der Waals surface area contributed by atoms with Gasteiger partial charge in [-0.2, -0.15) is 0 Å². The Morgan fingerprint density at radius 3 is 2.75 bits per heavy atom. The van der Waals surface area contributed by atoms with E-state index < -0.39 is 0 Å². The summed E-state index contributed by atoms with van der Waals surface area (Å²) in [4.78, 5) is 21.1. The van der Waals surface area contributed by atoms with Crippen LogP contribution >= 0.6 is 0 Å². The highest BCUT2D eigenvalue weighted by Gasteiger charge is 2.57. The molecule has 0 spiro atoms. The third kappa shape index (κ3) is 3.12. The van der Waals surface area contributed by atoms with Gasteiger partial charge in [0.1, 0.15) is 18.8 Å². The van der Waals surface area contributed by atoms with Crippen molar-refractivity contribution in [1.82, 2.24) is 19.1 Å². The van der Waals surface area contributed by atoms with E-state index >= 15 is 0 Å². The fraction of sp³-hybridized carbons (Fsp3) is 0.500. The van der Waals surface area contributed by atoms with E-state index in [0.29, 0.717) is 17.8 Å². The van der Waals surface area contributed by atoms with Crippen LogP contribution in [0.25, 0.3) is 16.7 Å². The quantitative estimate of drug-likeness (QED) is 0.381. The van der Waals surface area contributed by atoms with E-state index in [1.165, 1.54) is 40.5 Å². The Bertz CT molecular complexity index is 1380. The van der Waals surface area contributed by atoms with Crippen molar-refractivity contribution in [2.75, 3.05) is 0 Å². The molecule has 186 valence electrons. The highest BCUT2D eigenvalue weighted by atomic mass is 16.6. The number of nitrogens with zero attached hydrogens (tertiary/aromatic N) is 4. The summed E-state index contributed by atoms with van der Waals surface area (Å²) in [5, 5.41) is 0. The topological polar surface area (TPSA) is 61.9 Å². The number of para-hydroxylation sites is 2. The predicted molar refractivity (Wildman–Crippen MR) is 139 cm³/mol. The average Bonchev–Trinajstić information content (AvgIpc) is 3.62. The molecule has 4 unspecified atom stereocenters. The van der Waals surface area contributed by atoms with Gasteiger partial charge in [-0.1, -0.05) is 43.7 Å². The van der Waals surface area contributed by atoms with Crippen LogP contribution < -0.4 is 0 Å². The number of imidazole rings is 2. The van der Waals surface area contributed by atoms with Crippen molar-refractivity contribution >= 4 is 22.8 Å². The first-order chi connectivity index (χ1) is 17.5. The lowest BCUT2D eigenvalue weighted by Crippen LogP contribution is -2.50. The molecule has 0 bridgehead atoms. The Hall–Kier alpha value is -3.15. The SMILES string of the molecule is C[C@]12CCC(OC(=O)n3ccnc3)CC1=CCC1C2CC[C@]2(C)C(n3cnc4ccccc43)=CCC12. The van der Waals surface area contributed by atoms with Crippen LogP contribution in [0.15, 0.2) is 67.0 Å². The minimum absolute atomic E-state index is 0.0427. The van der Waals surface area contributed by atoms with Gasteiger partial charge < -0.3 is 9.30 Å². The zero-order chi connectivity index (χ0) is 24.5. The minimum Gasteiger partial charge on any atom is -0.445 e. The minimum atomic E-state index is -0.319. The first-order valence-electron chi connectivity index (χ1n) is 13.5. The largest absolute Gasteiger partial charge is 0.445 e. The molecule has 2 heterocycles. The van der Waals surface area contributed by atoms with Gasteiger partial charge in [0, 0.05) is 29.9 Å². The van der Waals surface area contributed by atoms with E-state index in [1.54, 1.807) is 12.4 Å². The normalized spacial score (nSPS) is 35.4. The lowest BCUT2D eigenvalue weighted by atomic mass is 9.48. The Morgan fingerprint density at radius 2 is 1.89 bits per heavy atom. The monoisotopic (exact) mass is 482 g/mol. The van der Waals surface area contributed by atoms with E-state index in [4.69, 9.17) is 9.72 Å². The molecule has 1 aromatic carbocycles. The predicted octanol–water partition coefficient (Wildman–Crippen LogP) is 6.70. The molecular formula is C30H34N4O2. The standard InChI is InChI=1S/C30H34N4O2/c1-29-13-11-21(36-28(35)33-16-15-31-18-33)17-20(29)7-8-22-23-9-10-27(30(23,2)14-12-24(22)29)34-19-32-25-5-3-4-6-26(25)34/h3-7,10,15-16,18-19,21-24H,8-9,11-14,17H2,1-2H3/t21?,22?,23?,24?,29-,30-/m0/s1. The fourth-order valence-electron chi connectivity index (χ4n) is 8.37. The maximum absolute atomic E-state index is 12.5. The molecule has 7 rings (SSSR count). The lowest BCUT2D eigenvalue weighted by Gasteiger charge is -2.57. The van der Waals surface area contributed by atoms with Gasteiger partial charge in [-0.05, 0) is 73.8 Å². The molecule has 0 amide bonds. The van der Waals surface area contributed by atoms with Gasteiger partial charge in [0.05, 0.1) is 11.0 Å². The lowest BCUT2D eigenvalue weighted by molar-refractivity contribution is -0.0271. The van der Waals surface area contributed by atoms with E-state index in [9.17, 15) is 4.79 Å². The van der Waals surface area contributed by atoms with E-state index in [-0.39, 0.29) is 23.0 Å². The summed E-state index contributed by atoms with van der Waals surface area (Å²) in [7, 11) is 0. The van der Waals surface area contributed by atoms with Gasteiger partial charge in [0.25, 0.3) is 0 Å². The van der Waals surface area contributed by atoms with Crippen molar-refractivity contribution in [3.8, 4) is 0 Å². The summed E-state index contributed by atoms with van der Waals surface area (Å²) in [5.74, 6) is 2.07. The van der Waals surface area contributed by atoms with E-state index in [0.717, 1.165) is 37.6 Å². The van der Waals surface area contributed by atoms with Crippen molar-refractivity contribution in [3.63, 3.8) is 0 Å². The fourth-order valence-corrected chi connectivity index (χ4v) is 8.37. The molecule has 2 aromatic heterocycles. The zero-order valence-corrected chi connectivity index (χ0v) is 21.1. The highest BCUT2D eigenvalue weighted by Crippen LogP contribution is 2.65. The van der Waals surface area contributed by atoms with Gasteiger partial charge in [0.2, 0.25) is 0 Å². The molecule has 36 heavy (non-hydrogen) atoms. The van der Waals surface area contributed by atoms with Crippen LogP contribution in [0.3, 0.4) is 0 Å². The van der Waals surface area contributed by atoms with Crippen molar-refractivity contribution in [2.45, 2.75) is 64.9 Å². The van der Waals surface area contributed by atoms with Crippen LogP contribution in [-0.4, -0.2) is 31.3 Å². The molecule has 4 aliphatic rings. The Kier molecular flexibility index (Phi) is 4.86. The van der Waals surface area contributed by atoms with Gasteiger partial charge >= 0.3 is 6.09 Å². The molecule has 0 saturated heterocycles. The highest BCUT2D eigenvalue weighted by molar-refractivity contribution is 5.80. The number of rotatable bonds is 2. The molecule has 2 saturated carbocycles. The summed E-state index contributed by atoms with van der Waals surface area (Å²) in [5.41, 5.74) is 5.66. The maximum Gasteiger partial charge on any atom is 0.419 e. The second-order valence-electron chi connectivity index (χ2n) is 11.9. The molecular weight excluding hydrogens is 448 g/mol. The first-order valence-corrected chi connectivity index (χ1v) is 13.5. The van der Waals surface area contributed by atoms with Crippen LogP contribution in [0.5, 0.6) is 0 Å². The Morgan fingerprint density at radius 1 is 1.03 bits per heavy atom. The van der Waals surface area contributed by atoms with Gasteiger partial charge in [0.15, 0.2) is 0 Å². The summed E-state index contributed by atoms with van der Waals surface area (Å²) in [6.45, 7) is 5.01. The van der Waals surface area contributed by atoms with Crippen LogP contribution in [0, 0.1) is 28.6 Å². The van der Waals surface area contributed by atoms with Crippen molar-refractivity contribution < 1.29 is 9.53 Å². The summed E-state index contributed by atoms with van der Waals surface area (Å²) >= 11 is 0. The average molecular weight is 483 g/mol. The van der Waals surface area contributed by atoms with Crippen molar-refractivity contribution in [1.29, 1.82) is 0 Å². The number of ether oxygens (including phenoxy) is 1. The maximum atomic E-state index is 12.5. The number of carbonyl (C=O) groups excluding carboxylic acids is 1. The summed E-state index contributed by atoms with van der Waals surface area (Å²) in [6.07, 6.45) is 19.1. The molecule has 2 fully saturated rings. The van der Waals surface area contributed by atoms with Crippen LogP contribution in [0.1, 0.15) is 58.8 Å². The molecule has 4 aliphatic carbocycles. The zero-order valence-electron chi connectivity index (χ0n) is 21.1. The Labute approximate surface area is 212 Å². The summed E-state index contributed by atoms with van der Waals surface area (Å²) < 4.78 is 9.66. The van der Waals surface area contributed by atoms with Gasteiger partial charge in [-0.15, -0.1) is 0 Å². The van der Waals surface area contributed by atoms with Crippen molar-refractivity contribution in [2.24, 2.45) is 28.6 Å². The third-order valence-corrected chi connectivity index (χ3v) is 10.3. The number of allylic oxidation sites excluding steroid dienone is 3. The third-order valence-electron chi connectivity index (χ3n) is 10.3. The Balaban J connectivity index is 1.13. The van der Waals surface area contributed by atoms with Crippen LogP contribution in [-0.2, 0) is 4.74 Å². The van der Waals surface area contributed by atoms with Crippen molar-refractivity contribution in [3.05, 3.63) is 67.0 Å². The number of fused-ring (bicyclic) bond motifs is 6. The molecule has 0 aliphatic heterocycles. The van der Waals surface area contributed by atoms with Crippen LogP contribution in [0.2, 0.25) is 0 Å². The molecule has 0 radical (unpaired) electrons. The molecule has 3 aromatic rings. The number of carbonyl (C=O) groups is 1. The smallest absolute Gasteiger partial charge is 0.419 e. The van der Waals surface area contributed by atoms with Crippen LogP contribution in [0.4, 0.5) is 4.79 Å². The second kappa shape index (κ2) is 7.92. The molecule has 6 atom stereocenters. The first kappa shape index (κ1) is 22.1. The van der Waals surface area contributed by atoms with Gasteiger partial charge in [-0.25, -0.2) is 19.3 Å². The second-order valence-corrected chi connectivity index (χ2v) is 11.9. The van der Waals surface area contributed by atoms with E-state index in [1.807, 2.05) is 6.33 Å². The molecule has 6 nitrogen and oxygen atoms in total. The molecule has 0 N–H and O–H groups in total. The number of benzene rings is 1. The summed E-state index contributed by atoms with van der Waals surface area (Å²) in [6, 6.07) is 8.48. The number of aromatic nitrogens is 4. The number of hydrogen-bond acceptors (Lipinski definition) is 4. The molecule has 6 heteroatoms. The number of hydrogen-bond donors (Lipinski definition) is 0. The van der Waals surface area contributed by atoms with E-state index in [2.05, 4.69) is 59.8 Å².